The molecule has 1 aromatic heterocycles. The van der Waals surface area contributed by atoms with Crippen molar-refractivity contribution in [2.75, 3.05) is 6.54 Å². The number of rotatable bonds is 2. The zero-order chi connectivity index (χ0) is 9.40. The molecule has 12 heavy (non-hydrogen) atoms. The van der Waals surface area contributed by atoms with Crippen molar-refractivity contribution in [3.8, 4) is 0 Å². The highest BCUT2D eigenvalue weighted by molar-refractivity contribution is 7.09. The predicted molar refractivity (Wildman–Crippen MR) is 49.3 cm³/mol. The van der Waals surface area contributed by atoms with Crippen LogP contribution in [-0.2, 0) is 6.42 Å². The molecule has 0 radical (unpaired) electrons. The van der Waals surface area contributed by atoms with Crippen LogP contribution in [0.3, 0.4) is 0 Å². The molecule has 0 spiro atoms. The molecule has 1 heterocycles. The second kappa shape index (κ2) is 6.63. The zero-order valence-electron chi connectivity index (χ0n) is 6.56. The Kier molecular flexibility index (Phi) is 6.04. The summed E-state index contributed by atoms with van der Waals surface area (Å²) in [6.07, 6.45) is -0.308. The van der Waals surface area contributed by atoms with Gasteiger partial charge in [0.15, 0.2) is 0 Å². The summed E-state index contributed by atoms with van der Waals surface area (Å²) in [7, 11) is 0. The van der Waals surface area contributed by atoms with Gasteiger partial charge in [0.25, 0.3) is 0 Å². The first kappa shape index (κ1) is 10.9. The zero-order valence-corrected chi connectivity index (χ0v) is 7.38. The van der Waals surface area contributed by atoms with Crippen LogP contribution in [0.25, 0.3) is 0 Å². The molecule has 0 aliphatic carbocycles. The van der Waals surface area contributed by atoms with E-state index in [1.807, 2.05) is 0 Å². The van der Waals surface area contributed by atoms with Crippen LogP contribution in [0.1, 0.15) is 4.88 Å². The maximum atomic E-state index is 8.78. The van der Waals surface area contributed by atoms with Gasteiger partial charge in [-0.15, -0.1) is 11.3 Å². The number of amides is 1. The molecule has 0 saturated carbocycles. The average Bonchev–Trinajstić information content (AvgIpc) is 2.39. The summed E-state index contributed by atoms with van der Waals surface area (Å²) in [5.74, 6) is 0. The monoisotopic (exact) mass is 188 g/mol. The largest absolute Gasteiger partial charge is 0.465 e. The van der Waals surface area contributed by atoms with Crippen LogP contribution < -0.4 is 11.5 Å². The van der Waals surface area contributed by atoms with E-state index in [0.717, 1.165) is 13.0 Å². The van der Waals surface area contributed by atoms with Crippen molar-refractivity contribution in [3.63, 3.8) is 0 Å². The lowest BCUT2D eigenvalue weighted by atomic mass is 10.3. The van der Waals surface area contributed by atoms with Crippen molar-refractivity contribution in [3.05, 3.63) is 22.4 Å². The van der Waals surface area contributed by atoms with E-state index < -0.39 is 6.09 Å². The van der Waals surface area contributed by atoms with Gasteiger partial charge in [0.05, 0.1) is 0 Å². The van der Waals surface area contributed by atoms with Gasteiger partial charge < -0.3 is 16.6 Å². The molecule has 1 rings (SSSR count). The van der Waals surface area contributed by atoms with Crippen molar-refractivity contribution < 1.29 is 9.90 Å². The van der Waals surface area contributed by atoms with Gasteiger partial charge in [-0.1, -0.05) is 6.07 Å². The summed E-state index contributed by atoms with van der Waals surface area (Å²) in [5.41, 5.74) is 9.35. The third kappa shape index (κ3) is 7.04. The highest BCUT2D eigenvalue weighted by atomic mass is 32.1. The van der Waals surface area contributed by atoms with Gasteiger partial charge in [0.2, 0.25) is 0 Å². The number of carboxylic acid groups (broad SMARTS) is 1. The van der Waals surface area contributed by atoms with Crippen LogP contribution in [0.2, 0.25) is 0 Å². The maximum Gasteiger partial charge on any atom is 0.402 e. The van der Waals surface area contributed by atoms with Gasteiger partial charge in [0, 0.05) is 4.88 Å². The van der Waals surface area contributed by atoms with Gasteiger partial charge in [-0.05, 0) is 24.4 Å². The number of primary amides is 1. The van der Waals surface area contributed by atoms with E-state index >= 15 is 0 Å². The van der Waals surface area contributed by atoms with E-state index in [-0.39, 0.29) is 0 Å². The molecule has 68 valence electrons. The summed E-state index contributed by atoms with van der Waals surface area (Å²) in [6, 6.07) is 4.16. The average molecular weight is 188 g/mol. The van der Waals surface area contributed by atoms with Crippen LogP contribution in [0.5, 0.6) is 0 Å². The Morgan fingerprint density at radius 2 is 2.25 bits per heavy atom. The van der Waals surface area contributed by atoms with E-state index in [0.29, 0.717) is 0 Å². The van der Waals surface area contributed by atoms with Crippen LogP contribution in [-0.4, -0.2) is 17.7 Å². The lowest BCUT2D eigenvalue weighted by Gasteiger charge is -1.86. The molecular weight excluding hydrogens is 176 g/mol. The predicted octanol–water partition coefficient (Wildman–Crippen LogP) is 0.872. The fourth-order valence-corrected chi connectivity index (χ4v) is 1.32. The molecule has 5 heteroatoms. The highest BCUT2D eigenvalue weighted by Crippen LogP contribution is 2.07. The van der Waals surface area contributed by atoms with E-state index in [9.17, 15) is 0 Å². The maximum absolute atomic E-state index is 8.78. The smallest absolute Gasteiger partial charge is 0.402 e. The molecule has 0 bridgehead atoms. The molecule has 0 fully saturated rings. The molecule has 1 aromatic rings. The summed E-state index contributed by atoms with van der Waals surface area (Å²) in [4.78, 5) is 10.2. The van der Waals surface area contributed by atoms with Crippen molar-refractivity contribution in [2.45, 2.75) is 6.42 Å². The Bertz CT molecular complexity index is 207. The minimum atomic E-state index is -1.33. The SMILES string of the molecule is NC(=O)O.NCCc1cccs1. The normalized spacial score (nSPS) is 8.42. The molecule has 0 saturated heterocycles. The van der Waals surface area contributed by atoms with Gasteiger partial charge in [0.1, 0.15) is 0 Å². The molecule has 0 aliphatic rings. The van der Waals surface area contributed by atoms with Crippen molar-refractivity contribution in [2.24, 2.45) is 11.5 Å². The standard InChI is InChI=1S/C6H9NS.CH3NO2/c7-4-3-6-2-1-5-8-6;2-1(3)4/h1-2,5H,3-4,7H2;2H2,(H,3,4). The summed E-state index contributed by atoms with van der Waals surface area (Å²) >= 11 is 1.77. The van der Waals surface area contributed by atoms with Crippen LogP contribution in [0.15, 0.2) is 17.5 Å². The molecule has 0 aromatic carbocycles. The second-order valence-corrected chi connectivity index (χ2v) is 2.99. The van der Waals surface area contributed by atoms with Crippen LogP contribution in [0, 0.1) is 0 Å². The van der Waals surface area contributed by atoms with E-state index in [1.54, 1.807) is 11.3 Å². The van der Waals surface area contributed by atoms with Gasteiger partial charge in [-0.25, -0.2) is 4.79 Å². The second-order valence-electron chi connectivity index (χ2n) is 1.96. The first-order valence-electron chi connectivity index (χ1n) is 3.37. The summed E-state index contributed by atoms with van der Waals surface area (Å²) in [5, 5.41) is 9.27. The fourth-order valence-electron chi connectivity index (χ4n) is 0.597. The van der Waals surface area contributed by atoms with E-state index in [4.69, 9.17) is 15.6 Å². The lowest BCUT2D eigenvalue weighted by molar-refractivity contribution is 0.205. The van der Waals surface area contributed by atoms with E-state index in [2.05, 4.69) is 23.2 Å². The Balaban J connectivity index is 0.000000261. The molecule has 0 aliphatic heterocycles. The number of carbonyl (C=O) groups is 1. The number of hydrogen-bond acceptors (Lipinski definition) is 3. The molecule has 5 N–H and O–H groups in total. The van der Waals surface area contributed by atoms with Crippen molar-refractivity contribution >= 4 is 17.4 Å². The molecule has 4 nitrogen and oxygen atoms in total. The van der Waals surface area contributed by atoms with Crippen molar-refractivity contribution in [1.29, 1.82) is 0 Å². The highest BCUT2D eigenvalue weighted by Gasteiger charge is 1.87. The lowest BCUT2D eigenvalue weighted by Crippen LogP contribution is -2.03. The van der Waals surface area contributed by atoms with Crippen LogP contribution in [0.4, 0.5) is 4.79 Å². The quantitative estimate of drug-likeness (QED) is 0.643. The fraction of sp³-hybridized carbons (Fsp3) is 0.286. The molecular formula is C7H12N2O2S. The first-order valence-corrected chi connectivity index (χ1v) is 4.25. The summed E-state index contributed by atoms with van der Waals surface area (Å²) in [6.45, 7) is 0.764. The number of thiophene rings is 1. The molecule has 0 unspecified atom stereocenters. The Hall–Kier alpha value is -1.07. The Morgan fingerprint density at radius 3 is 2.58 bits per heavy atom. The minimum Gasteiger partial charge on any atom is -0.465 e. The third-order valence-electron chi connectivity index (χ3n) is 0.971. The van der Waals surface area contributed by atoms with E-state index in [1.165, 1.54) is 4.88 Å². The molecule has 0 atom stereocenters. The molecule has 1 amide bonds. The Morgan fingerprint density at radius 1 is 1.67 bits per heavy atom. The Labute approximate surface area is 74.8 Å². The first-order chi connectivity index (χ1) is 5.66. The van der Waals surface area contributed by atoms with Gasteiger partial charge in [-0.3, -0.25) is 0 Å². The van der Waals surface area contributed by atoms with Gasteiger partial charge in [-0.2, -0.15) is 0 Å². The van der Waals surface area contributed by atoms with Crippen LogP contribution >= 0.6 is 11.3 Å². The topological polar surface area (TPSA) is 89.3 Å². The van der Waals surface area contributed by atoms with Crippen molar-refractivity contribution in [1.82, 2.24) is 0 Å². The summed E-state index contributed by atoms with van der Waals surface area (Å²) < 4.78 is 0. The number of hydrogen-bond donors (Lipinski definition) is 3. The minimum absolute atomic E-state index is 0.764. The number of nitrogens with two attached hydrogens (primary N) is 2. The third-order valence-corrected chi connectivity index (χ3v) is 1.91. The van der Waals surface area contributed by atoms with Gasteiger partial charge >= 0.3 is 6.09 Å².